The van der Waals surface area contributed by atoms with Crippen LogP contribution in [-0.2, 0) is 0 Å². The smallest absolute Gasteiger partial charge is 0.255 e. The van der Waals surface area contributed by atoms with E-state index in [0.717, 1.165) is 10.8 Å². The van der Waals surface area contributed by atoms with Gasteiger partial charge in [0.2, 0.25) is 5.95 Å². The number of benzene rings is 2. The molecule has 0 spiro atoms. The summed E-state index contributed by atoms with van der Waals surface area (Å²) in [5.74, 6) is -1.74. The van der Waals surface area contributed by atoms with E-state index in [0.29, 0.717) is 0 Å². The molecule has 0 saturated heterocycles. The largest absolute Gasteiger partial charge is 0.324 e. The van der Waals surface area contributed by atoms with Crippen LogP contribution in [-0.4, -0.2) is 30.4 Å². The van der Waals surface area contributed by atoms with E-state index in [4.69, 9.17) is 20.6 Å². The zero-order valence-corrected chi connectivity index (χ0v) is 18.8. The normalized spacial score (nSPS) is 17.0. The van der Waals surface area contributed by atoms with Gasteiger partial charge in [0.15, 0.2) is 0 Å². The molecular formula is C28H25N7O. The molecule has 0 atom stereocenters. The van der Waals surface area contributed by atoms with Gasteiger partial charge in [-0.2, -0.15) is 0 Å². The molecule has 3 heterocycles. The first kappa shape index (κ1) is 11.3. The molecule has 0 aliphatic heterocycles. The van der Waals surface area contributed by atoms with Gasteiger partial charge in [0.05, 0.1) is 32.8 Å². The molecule has 2 aromatic carbocycles. The van der Waals surface area contributed by atoms with Crippen molar-refractivity contribution in [1.82, 2.24) is 24.5 Å². The van der Waals surface area contributed by atoms with Gasteiger partial charge in [-0.1, -0.05) is 6.04 Å². The molecular weight excluding hydrogens is 450 g/mol. The van der Waals surface area contributed by atoms with Crippen molar-refractivity contribution < 1.29 is 25.4 Å². The fourth-order valence-electron chi connectivity index (χ4n) is 3.01. The topological polar surface area (TPSA) is 97.6 Å². The number of imidazole rings is 1. The number of aryl methyl sites for hydroxylation is 1. The van der Waals surface area contributed by atoms with Crippen molar-refractivity contribution in [3.63, 3.8) is 0 Å². The molecule has 0 bridgehead atoms. The summed E-state index contributed by atoms with van der Waals surface area (Å²) < 4.78 is 125. The van der Waals surface area contributed by atoms with Crippen molar-refractivity contribution >= 4 is 23.2 Å². The average molecular weight is 491 g/mol. The summed E-state index contributed by atoms with van der Waals surface area (Å²) in [5.41, 5.74) is -3.59. The predicted molar refractivity (Wildman–Crippen MR) is 141 cm³/mol. The summed E-state index contributed by atoms with van der Waals surface area (Å²) in [4.78, 5) is 29.4. The van der Waals surface area contributed by atoms with E-state index < -0.39 is 108 Å². The zero-order valence-electron chi connectivity index (χ0n) is 33.8. The lowest BCUT2D eigenvalue weighted by molar-refractivity contribution is 0.102. The molecule has 36 heavy (non-hydrogen) atoms. The first-order valence-electron chi connectivity index (χ1n) is 17.8. The van der Waals surface area contributed by atoms with Crippen LogP contribution in [0.5, 0.6) is 0 Å². The molecule has 1 amide bonds. The molecule has 8 nitrogen and oxygen atoms in total. The van der Waals surface area contributed by atoms with Gasteiger partial charge in [-0.3, -0.25) is 9.78 Å². The third-order valence-corrected chi connectivity index (χ3v) is 4.57. The Morgan fingerprint density at radius 3 is 2.86 bits per heavy atom. The summed E-state index contributed by atoms with van der Waals surface area (Å²) in [6.07, 6.45) is -0.826. The number of anilines is 3. The zero-order chi connectivity index (χ0) is 38.0. The molecule has 0 fully saturated rings. The van der Waals surface area contributed by atoms with Crippen molar-refractivity contribution in [3.05, 3.63) is 108 Å². The number of rotatable bonds is 6. The predicted octanol–water partition coefficient (Wildman–Crippen LogP) is 5.65. The van der Waals surface area contributed by atoms with E-state index in [1.54, 1.807) is 0 Å². The maximum atomic E-state index is 13.8. The van der Waals surface area contributed by atoms with Crippen LogP contribution in [0.3, 0.4) is 0 Å². The van der Waals surface area contributed by atoms with Gasteiger partial charge in [-0.25, -0.2) is 15.0 Å². The van der Waals surface area contributed by atoms with E-state index in [1.165, 1.54) is 19.9 Å². The summed E-state index contributed by atoms with van der Waals surface area (Å²) >= 11 is 0. The van der Waals surface area contributed by atoms with Gasteiger partial charge in [0.1, 0.15) is 1.37 Å². The van der Waals surface area contributed by atoms with Gasteiger partial charge in [0.25, 0.3) is 5.91 Å². The second-order valence-electron chi connectivity index (χ2n) is 7.27. The maximum Gasteiger partial charge on any atom is 0.255 e. The lowest BCUT2D eigenvalue weighted by atomic mass is 10.1. The minimum atomic E-state index is -3.13. The second-order valence-corrected chi connectivity index (χ2v) is 7.27. The number of pyridine rings is 1. The highest BCUT2D eigenvalue weighted by Gasteiger charge is 2.12. The fourth-order valence-corrected chi connectivity index (χ4v) is 3.01. The number of hydrogen-bond acceptors (Lipinski definition) is 6. The van der Waals surface area contributed by atoms with Crippen LogP contribution in [0, 0.1) is 20.7 Å². The molecule has 0 saturated carbocycles. The van der Waals surface area contributed by atoms with Crippen LogP contribution in [0.25, 0.3) is 16.9 Å². The highest BCUT2D eigenvalue weighted by molar-refractivity contribution is 6.05. The third-order valence-electron chi connectivity index (χ3n) is 4.57. The van der Waals surface area contributed by atoms with Gasteiger partial charge in [-0.15, -0.1) is 0 Å². The van der Waals surface area contributed by atoms with Crippen molar-refractivity contribution in [3.8, 4) is 16.9 Å². The Morgan fingerprint density at radius 2 is 2.03 bits per heavy atom. The van der Waals surface area contributed by atoms with E-state index >= 15 is 0 Å². The number of nitrogens with zero attached hydrogens (tertiary/aromatic N) is 5. The van der Waals surface area contributed by atoms with Crippen LogP contribution in [0.4, 0.5) is 17.3 Å². The minimum absolute atomic E-state index is 0.0614. The quantitative estimate of drug-likeness (QED) is 0.319. The molecule has 178 valence electrons. The first-order valence-corrected chi connectivity index (χ1v) is 10.3. The van der Waals surface area contributed by atoms with E-state index in [-0.39, 0.29) is 34.4 Å². The summed E-state index contributed by atoms with van der Waals surface area (Å²) in [7, 11) is 0. The van der Waals surface area contributed by atoms with Crippen molar-refractivity contribution in [2.75, 3.05) is 10.6 Å². The summed E-state index contributed by atoms with van der Waals surface area (Å²) in [6, 6.07) is -4.31. The Balaban J connectivity index is 1.66. The molecule has 3 aromatic heterocycles. The molecule has 8 heteroatoms. The van der Waals surface area contributed by atoms with Crippen molar-refractivity contribution in [2.24, 2.45) is 0 Å². The number of amides is 1. The minimum Gasteiger partial charge on any atom is -0.324 e. The van der Waals surface area contributed by atoms with Gasteiger partial charge >= 0.3 is 0 Å². The number of carbonyl (C=O) groups excluding carboxylic acids is 1. The molecule has 5 aromatic rings. The van der Waals surface area contributed by atoms with Gasteiger partial charge in [-0.05, 0) is 80.2 Å². The van der Waals surface area contributed by atoms with Crippen LogP contribution < -0.4 is 10.6 Å². The number of carbonyl (C=O) groups is 1. The lowest BCUT2D eigenvalue weighted by Crippen LogP contribution is -2.13. The number of nitrogens with one attached hydrogen (secondary N) is 2. The number of hydrogen-bond donors (Lipinski definition) is 2. The molecule has 5 rings (SSSR count). The Morgan fingerprint density at radius 1 is 1.11 bits per heavy atom. The molecule has 0 radical (unpaired) electrons. The van der Waals surface area contributed by atoms with Gasteiger partial charge < -0.3 is 15.2 Å². The van der Waals surface area contributed by atoms with E-state index in [1.807, 2.05) is 0 Å². The SMILES string of the molecule is [2H]c1nc([2H])c(-c2ccnc(Nc3c([2H])c(C(=O)Nc4c([2H])c(C)c([2H])c(-n5c([2H])nc(C)c5[2H])c4[2H])c([2H])c([2H])c3C([2H])([2H])[2H])n2)c([2H])c1[2H]. The third kappa shape index (κ3) is 5.12. The molecule has 0 unspecified atom stereocenters. The molecule has 0 aliphatic rings. The first-order chi connectivity index (χ1) is 23.7. The monoisotopic (exact) mass is 490 g/mol. The van der Waals surface area contributed by atoms with Crippen molar-refractivity contribution in [2.45, 2.75) is 20.7 Å². The molecule has 0 aliphatic carbocycles. The van der Waals surface area contributed by atoms with Crippen LogP contribution in [0.15, 0.2) is 85.4 Å². The van der Waals surface area contributed by atoms with E-state index in [2.05, 4.69) is 30.6 Å². The van der Waals surface area contributed by atoms with Gasteiger partial charge in [0, 0.05) is 57.0 Å². The molecule has 2 N–H and O–H groups in total. The highest BCUT2D eigenvalue weighted by atomic mass is 16.1. The average Bonchev–Trinajstić information content (AvgIpc) is 3.29. The fraction of sp³-hybridized carbons (Fsp3) is 0.107. The van der Waals surface area contributed by atoms with Crippen LogP contribution in [0.1, 0.15) is 47.7 Å². The standard InChI is InChI=1S/C28H25N7O/c1-18-11-23(14-24(12-18)35-16-20(3)31-17-35)32-27(36)21-7-6-19(2)26(13-21)34-28-30-10-8-25(33-28)22-5-4-9-29-15-22/h4-17H,1-3H3,(H,32,36)(H,30,33,34)/i2D3,4D,5D,6D,7D,9D,11D,12D,13D,14D,15D,16D,17D. The van der Waals surface area contributed by atoms with Crippen molar-refractivity contribution in [1.29, 1.82) is 0 Å². The van der Waals surface area contributed by atoms with Crippen LogP contribution >= 0.6 is 0 Å². The lowest BCUT2D eigenvalue weighted by Gasteiger charge is -2.13. The Bertz CT molecular complexity index is 2290. The Kier molecular flexibility index (Phi) is 3.06. The van der Waals surface area contributed by atoms with Crippen LogP contribution in [0.2, 0.25) is 0 Å². The second kappa shape index (κ2) is 9.79. The maximum absolute atomic E-state index is 13.8. The highest BCUT2D eigenvalue weighted by Crippen LogP contribution is 2.24. The van der Waals surface area contributed by atoms with E-state index in [9.17, 15) is 4.79 Å². The summed E-state index contributed by atoms with van der Waals surface area (Å²) in [5, 5.41) is 4.78. The summed E-state index contributed by atoms with van der Waals surface area (Å²) in [6.45, 7) is -0.347. The Labute approximate surface area is 230 Å². The number of aromatic nitrogens is 5. The Hall–Kier alpha value is -4.85.